The maximum absolute atomic E-state index is 6.16. The zero-order valence-electron chi connectivity index (χ0n) is 17.8. The molecule has 0 bridgehead atoms. The van der Waals surface area contributed by atoms with Crippen molar-refractivity contribution in [2.24, 2.45) is 0 Å². The number of nitrogens with zero attached hydrogens (tertiary/aromatic N) is 4. The summed E-state index contributed by atoms with van der Waals surface area (Å²) in [5.74, 6) is 0.895. The van der Waals surface area contributed by atoms with Gasteiger partial charge in [-0.1, -0.05) is 62.4 Å². The fraction of sp³-hybridized carbons (Fsp3) is 0.111. The Kier molecular flexibility index (Phi) is 4.05. The summed E-state index contributed by atoms with van der Waals surface area (Å²) in [6.45, 7) is 4.49. The van der Waals surface area contributed by atoms with Crippen LogP contribution in [-0.4, -0.2) is 20.2 Å². The summed E-state index contributed by atoms with van der Waals surface area (Å²) >= 11 is 0. The maximum atomic E-state index is 6.16. The first-order valence-corrected chi connectivity index (χ1v) is 10.6. The molecule has 0 aliphatic heterocycles. The van der Waals surface area contributed by atoms with Gasteiger partial charge in [-0.2, -0.15) is 0 Å². The number of benzene rings is 2. The largest absolute Gasteiger partial charge is 0.415 e. The molecule has 32 heavy (non-hydrogen) atoms. The summed E-state index contributed by atoms with van der Waals surface area (Å²) in [6, 6.07) is 26.3. The van der Waals surface area contributed by atoms with Gasteiger partial charge in [-0.05, 0) is 52.6 Å². The summed E-state index contributed by atoms with van der Waals surface area (Å²) in [5, 5.41) is 8.72. The van der Waals surface area contributed by atoms with Crippen LogP contribution in [0.2, 0.25) is 0 Å². The zero-order chi connectivity index (χ0) is 21.7. The number of aromatic nitrogens is 4. The minimum atomic E-state index is -0.158. The van der Waals surface area contributed by atoms with Gasteiger partial charge in [0.25, 0.3) is 5.89 Å². The van der Waals surface area contributed by atoms with E-state index in [4.69, 9.17) is 9.40 Å². The van der Waals surface area contributed by atoms with Crippen LogP contribution in [0.3, 0.4) is 0 Å². The van der Waals surface area contributed by atoms with Gasteiger partial charge in [-0.25, -0.2) is 4.98 Å². The molecule has 154 valence electrons. The molecule has 0 unspecified atom stereocenters. The number of rotatable bonds is 3. The fourth-order valence-electron chi connectivity index (χ4n) is 4.67. The average Bonchev–Trinajstić information content (AvgIpc) is 3.42. The van der Waals surface area contributed by atoms with Crippen LogP contribution in [0.15, 0.2) is 89.5 Å². The number of hydrogen-bond donors (Lipinski definition) is 0. The lowest BCUT2D eigenvalue weighted by atomic mass is 9.80. The van der Waals surface area contributed by atoms with Crippen molar-refractivity contribution in [3.63, 3.8) is 0 Å². The standard InChI is InChI=1S/C27H20N4O/c1-27(2)20-12-4-3-9-17(20)18-10-7-11-19(24(18)27)25-30-31-26(32-25)23-15-8-14-22(29-23)21-13-5-6-16-28-21/h3-16H,1-2H3. The highest BCUT2D eigenvalue weighted by atomic mass is 16.4. The highest BCUT2D eigenvalue weighted by Gasteiger charge is 2.38. The molecular formula is C27H20N4O. The summed E-state index contributed by atoms with van der Waals surface area (Å²) in [7, 11) is 0. The molecule has 0 saturated carbocycles. The quantitative estimate of drug-likeness (QED) is 0.352. The van der Waals surface area contributed by atoms with Crippen LogP contribution >= 0.6 is 0 Å². The van der Waals surface area contributed by atoms with Crippen LogP contribution < -0.4 is 0 Å². The first-order valence-electron chi connectivity index (χ1n) is 10.6. The molecule has 0 atom stereocenters. The fourth-order valence-corrected chi connectivity index (χ4v) is 4.67. The van der Waals surface area contributed by atoms with E-state index in [-0.39, 0.29) is 5.41 Å². The van der Waals surface area contributed by atoms with Crippen molar-refractivity contribution >= 4 is 0 Å². The molecule has 2 aromatic carbocycles. The summed E-state index contributed by atoms with van der Waals surface area (Å²) in [6.07, 6.45) is 1.75. The van der Waals surface area contributed by atoms with E-state index in [0.29, 0.717) is 17.5 Å². The minimum absolute atomic E-state index is 0.158. The van der Waals surface area contributed by atoms with E-state index in [2.05, 4.69) is 71.5 Å². The summed E-state index contributed by atoms with van der Waals surface area (Å²) < 4.78 is 6.16. The first kappa shape index (κ1) is 18.6. The van der Waals surface area contributed by atoms with Crippen LogP contribution in [0.5, 0.6) is 0 Å². The molecule has 0 saturated heterocycles. The average molecular weight is 416 g/mol. The van der Waals surface area contributed by atoms with E-state index in [1.54, 1.807) is 6.20 Å². The van der Waals surface area contributed by atoms with E-state index in [9.17, 15) is 0 Å². The second kappa shape index (κ2) is 6.95. The van der Waals surface area contributed by atoms with Gasteiger partial charge in [0.2, 0.25) is 5.89 Å². The van der Waals surface area contributed by atoms with E-state index in [1.807, 2.05) is 36.4 Å². The zero-order valence-corrected chi connectivity index (χ0v) is 17.8. The second-order valence-electron chi connectivity index (χ2n) is 8.43. The van der Waals surface area contributed by atoms with Crippen molar-refractivity contribution in [1.82, 2.24) is 20.2 Å². The number of fused-ring (bicyclic) bond motifs is 3. The molecule has 0 amide bonds. The molecule has 1 aliphatic carbocycles. The molecule has 0 spiro atoms. The molecule has 5 heteroatoms. The summed E-state index contributed by atoms with van der Waals surface area (Å²) in [4.78, 5) is 9.08. The van der Waals surface area contributed by atoms with E-state index in [0.717, 1.165) is 17.0 Å². The third kappa shape index (κ3) is 2.78. The van der Waals surface area contributed by atoms with Crippen molar-refractivity contribution in [1.29, 1.82) is 0 Å². The molecule has 0 fully saturated rings. The van der Waals surface area contributed by atoms with Gasteiger partial charge in [0.1, 0.15) is 5.69 Å². The Morgan fingerprint density at radius 1 is 0.625 bits per heavy atom. The normalized spacial score (nSPS) is 13.6. The lowest BCUT2D eigenvalue weighted by Crippen LogP contribution is -2.16. The topological polar surface area (TPSA) is 64.7 Å². The minimum Gasteiger partial charge on any atom is -0.415 e. The number of pyridine rings is 2. The van der Waals surface area contributed by atoms with Crippen molar-refractivity contribution in [2.75, 3.05) is 0 Å². The Bertz CT molecular complexity index is 1450. The van der Waals surface area contributed by atoms with Crippen LogP contribution in [0, 0.1) is 0 Å². The molecular weight excluding hydrogens is 396 g/mol. The smallest absolute Gasteiger partial charge is 0.266 e. The van der Waals surface area contributed by atoms with Crippen molar-refractivity contribution < 1.29 is 4.42 Å². The van der Waals surface area contributed by atoms with Crippen molar-refractivity contribution in [3.8, 4) is 45.6 Å². The van der Waals surface area contributed by atoms with Gasteiger partial charge < -0.3 is 4.42 Å². The highest BCUT2D eigenvalue weighted by molar-refractivity contribution is 5.86. The SMILES string of the molecule is CC1(C)c2ccccc2-c2cccc(-c3nnc(-c4cccc(-c5ccccn5)n4)o3)c21. The van der Waals surface area contributed by atoms with Crippen LogP contribution in [0.4, 0.5) is 0 Å². The van der Waals surface area contributed by atoms with Crippen LogP contribution in [0.25, 0.3) is 45.6 Å². The molecule has 0 N–H and O–H groups in total. The molecule has 1 aliphatic rings. The van der Waals surface area contributed by atoms with Gasteiger partial charge >= 0.3 is 0 Å². The lowest BCUT2D eigenvalue weighted by molar-refractivity contribution is 0.577. The van der Waals surface area contributed by atoms with Gasteiger partial charge in [-0.15, -0.1) is 10.2 Å². The Hall–Kier alpha value is -4.12. The Labute approximate surface area is 185 Å². The van der Waals surface area contributed by atoms with E-state index < -0.39 is 0 Å². The predicted octanol–water partition coefficient (Wildman–Crippen LogP) is 6.17. The molecule has 5 aromatic rings. The third-order valence-electron chi connectivity index (χ3n) is 6.13. The molecule has 5 nitrogen and oxygen atoms in total. The molecule has 0 radical (unpaired) electrons. The Morgan fingerprint density at radius 2 is 1.31 bits per heavy atom. The second-order valence-corrected chi connectivity index (χ2v) is 8.43. The Morgan fingerprint density at radius 3 is 2.19 bits per heavy atom. The number of hydrogen-bond acceptors (Lipinski definition) is 5. The molecule has 3 aromatic heterocycles. The summed E-state index contributed by atoms with van der Waals surface area (Å²) in [5.41, 5.74) is 8.00. The maximum Gasteiger partial charge on any atom is 0.266 e. The van der Waals surface area contributed by atoms with Gasteiger partial charge in [0.15, 0.2) is 0 Å². The molecule has 3 heterocycles. The third-order valence-corrected chi connectivity index (χ3v) is 6.13. The lowest BCUT2D eigenvalue weighted by Gasteiger charge is -2.23. The van der Waals surface area contributed by atoms with Crippen LogP contribution in [-0.2, 0) is 5.41 Å². The Balaban J connectivity index is 1.44. The highest BCUT2D eigenvalue weighted by Crippen LogP contribution is 2.51. The van der Waals surface area contributed by atoms with E-state index >= 15 is 0 Å². The first-order chi connectivity index (χ1) is 15.6. The monoisotopic (exact) mass is 416 g/mol. The molecule has 6 rings (SSSR count). The van der Waals surface area contributed by atoms with Gasteiger partial charge in [-0.3, -0.25) is 4.98 Å². The van der Waals surface area contributed by atoms with Gasteiger partial charge in [0.05, 0.1) is 11.4 Å². The van der Waals surface area contributed by atoms with Crippen molar-refractivity contribution in [2.45, 2.75) is 19.3 Å². The van der Waals surface area contributed by atoms with Crippen molar-refractivity contribution in [3.05, 3.63) is 96.2 Å². The van der Waals surface area contributed by atoms with E-state index in [1.165, 1.54) is 22.3 Å². The van der Waals surface area contributed by atoms with Crippen LogP contribution in [0.1, 0.15) is 25.0 Å². The predicted molar refractivity (Wildman–Crippen MR) is 124 cm³/mol. The van der Waals surface area contributed by atoms with Gasteiger partial charge in [0, 0.05) is 17.2 Å².